The fourth-order valence-corrected chi connectivity index (χ4v) is 5.63. The molecule has 2 N–H and O–H groups in total. The van der Waals surface area contributed by atoms with Gasteiger partial charge in [0.05, 0.1) is 23.4 Å². The number of rotatable bonds is 7. The Hall–Kier alpha value is -4.31. The number of nitrogens with zero attached hydrogens (tertiary/aromatic N) is 1. The number of amides is 2. The number of nitrogens with one attached hydrogen (secondary N) is 2. The Morgan fingerprint density at radius 2 is 1.68 bits per heavy atom. The molecule has 1 heterocycles. The van der Waals surface area contributed by atoms with Crippen LogP contribution in [0.25, 0.3) is 0 Å². The van der Waals surface area contributed by atoms with Crippen molar-refractivity contribution in [1.29, 1.82) is 0 Å². The van der Waals surface area contributed by atoms with Gasteiger partial charge in [-0.3, -0.25) is 9.59 Å². The van der Waals surface area contributed by atoms with Crippen LogP contribution in [0.2, 0.25) is 0 Å². The molecule has 0 saturated heterocycles. The van der Waals surface area contributed by atoms with Gasteiger partial charge in [0.25, 0.3) is 0 Å². The van der Waals surface area contributed by atoms with E-state index in [1.165, 1.54) is 11.3 Å². The van der Waals surface area contributed by atoms with Crippen molar-refractivity contribution in [2.75, 3.05) is 11.9 Å². The predicted molar refractivity (Wildman–Crippen MR) is 153 cm³/mol. The van der Waals surface area contributed by atoms with Gasteiger partial charge in [-0.1, -0.05) is 24.1 Å². The fraction of sp³-hybridized carbons (Fsp3) is 0.300. The smallest absolute Gasteiger partial charge is 0.343 e. The molecule has 4 rings (SSSR count). The molecular weight excluding hydrogens is 530 g/mol. The number of benzene rings is 2. The second kappa shape index (κ2) is 13.2. The highest BCUT2D eigenvalue weighted by Gasteiger charge is 2.28. The van der Waals surface area contributed by atoms with Gasteiger partial charge in [-0.25, -0.2) is 15.0 Å². The van der Waals surface area contributed by atoms with Crippen molar-refractivity contribution in [2.24, 2.45) is 5.10 Å². The molecule has 0 fully saturated rings. The summed E-state index contributed by atoms with van der Waals surface area (Å²) in [5.74, 6) is -2.51. The molecule has 0 unspecified atom stereocenters. The van der Waals surface area contributed by atoms with Crippen LogP contribution in [0.4, 0.5) is 5.00 Å². The number of carbonyl (C=O) groups is 4. The summed E-state index contributed by atoms with van der Waals surface area (Å²) in [6.45, 7) is 5.50. The lowest BCUT2D eigenvalue weighted by Crippen LogP contribution is -2.33. The van der Waals surface area contributed by atoms with E-state index in [4.69, 9.17) is 9.47 Å². The third kappa shape index (κ3) is 7.01. The number of hydrazone groups is 1. The lowest BCUT2D eigenvalue weighted by atomic mass is 10.1. The monoisotopic (exact) mass is 561 g/mol. The van der Waals surface area contributed by atoms with E-state index in [2.05, 4.69) is 15.8 Å². The molecule has 40 heavy (non-hydrogen) atoms. The zero-order chi connectivity index (χ0) is 28.6. The van der Waals surface area contributed by atoms with Gasteiger partial charge in [-0.2, -0.15) is 5.10 Å². The zero-order valence-corrected chi connectivity index (χ0v) is 23.5. The van der Waals surface area contributed by atoms with Gasteiger partial charge in [0.2, 0.25) is 0 Å². The van der Waals surface area contributed by atoms with Gasteiger partial charge in [0.1, 0.15) is 10.8 Å². The van der Waals surface area contributed by atoms with Crippen LogP contribution in [0.1, 0.15) is 75.4 Å². The molecule has 3 aromatic rings. The molecular formula is C30H31N3O6S. The minimum absolute atomic E-state index is 0.210. The number of hydrogen-bond donors (Lipinski definition) is 2. The number of carbonyl (C=O) groups excluding carboxylic acids is 4. The Morgan fingerprint density at radius 3 is 2.40 bits per heavy atom. The van der Waals surface area contributed by atoms with Crippen molar-refractivity contribution >= 4 is 45.8 Å². The highest BCUT2D eigenvalue weighted by molar-refractivity contribution is 7.17. The maximum atomic E-state index is 12.7. The topological polar surface area (TPSA) is 123 Å². The number of hydrogen-bond acceptors (Lipinski definition) is 8. The lowest BCUT2D eigenvalue weighted by molar-refractivity contribution is -0.136. The Balaban J connectivity index is 1.39. The van der Waals surface area contributed by atoms with E-state index in [9.17, 15) is 19.2 Å². The van der Waals surface area contributed by atoms with E-state index in [-0.39, 0.29) is 6.61 Å². The molecule has 2 aromatic carbocycles. The van der Waals surface area contributed by atoms with Crippen LogP contribution in [0, 0.1) is 6.92 Å². The average molecular weight is 562 g/mol. The third-order valence-corrected chi connectivity index (χ3v) is 7.60. The summed E-state index contributed by atoms with van der Waals surface area (Å²) >= 11 is 1.32. The van der Waals surface area contributed by atoms with E-state index < -0.39 is 23.8 Å². The highest BCUT2D eigenvalue weighted by Crippen LogP contribution is 2.38. The van der Waals surface area contributed by atoms with Crippen molar-refractivity contribution in [3.63, 3.8) is 0 Å². The van der Waals surface area contributed by atoms with Crippen molar-refractivity contribution in [2.45, 2.75) is 52.9 Å². The number of esters is 2. The van der Waals surface area contributed by atoms with Crippen molar-refractivity contribution in [3.8, 4) is 5.75 Å². The van der Waals surface area contributed by atoms with Crippen LogP contribution < -0.4 is 15.5 Å². The SMILES string of the molecule is CCOC(=O)c1c(NC(=O)C(=O)NN=C(C)c2ccc(OC(=O)c3cccc(C)c3)cc2)sc2c1CCCCC2. The predicted octanol–water partition coefficient (Wildman–Crippen LogP) is 5.20. The van der Waals surface area contributed by atoms with Crippen LogP contribution >= 0.6 is 11.3 Å². The van der Waals surface area contributed by atoms with Crippen LogP contribution in [0.15, 0.2) is 53.6 Å². The van der Waals surface area contributed by atoms with E-state index in [1.807, 2.05) is 13.0 Å². The summed E-state index contributed by atoms with van der Waals surface area (Å²) in [7, 11) is 0. The summed E-state index contributed by atoms with van der Waals surface area (Å²) in [5, 5.41) is 6.93. The minimum Gasteiger partial charge on any atom is -0.462 e. The molecule has 1 aliphatic rings. The quantitative estimate of drug-likeness (QED) is 0.102. The first-order chi connectivity index (χ1) is 19.3. The molecule has 1 aromatic heterocycles. The highest BCUT2D eigenvalue weighted by atomic mass is 32.1. The number of fused-ring (bicyclic) bond motifs is 1. The minimum atomic E-state index is -0.971. The number of thiophene rings is 1. The molecule has 1 aliphatic carbocycles. The first-order valence-electron chi connectivity index (χ1n) is 13.1. The van der Waals surface area contributed by atoms with Gasteiger partial charge in [0.15, 0.2) is 0 Å². The van der Waals surface area contributed by atoms with Crippen molar-refractivity contribution < 1.29 is 28.7 Å². The first kappa shape index (κ1) is 28.7. The van der Waals surface area contributed by atoms with Gasteiger partial charge in [-0.05, 0) is 94.0 Å². The van der Waals surface area contributed by atoms with Gasteiger partial charge in [0, 0.05) is 4.88 Å². The Kier molecular flexibility index (Phi) is 9.44. The van der Waals surface area contributed by atoms with Crippen LogP contribution in [0.5, 0.6) is 5.75 Å². The van der Waals surface area contributed by atoms with Gasteiger partial charge < -0.3 is 14.8 Å². The van der Waals surface area contributed by atoms with Crippen LogP contribution in [-0.4, -0.2) is 36.1 Å². The van der Waals surface area contributed by atoms with E-state index in [1.54, 1.807) is 56.3 Å². The molecule has 0 aliphatic heterocycles. The van der Waals surface area contributed by atoms with Crippen molar-refractivity contribution in [1.82, 2.24) is 5.43 Å². The molecule has 0 radical (unpaired) electrons. The molecule has 0 atom stereocenters. The normalized spacial score (nSPS) is 13.0. The zero-order valence-electron chi connectivity index (χ0n) is 22.7. The molecule has 0 spiro atoms. The molecule has 0 bridgehead atoms. The summed E-state index contributed by atoms with van der Waals surface area (Å²) in [6.07, 6.45) is 4.59. The average Bonchev–Trinajstić information content (AvgIpc) is 3.11. The second-order valence-electron chi connectivity index (χ2n) is 9.36. The van der Waals surface area contributed by atoms with Crippen LogP contribution in [-0.2, 0) is 27.2 Å². The summed E-state index contributed by atoms with van der Waals surface area (Å²) in [4.78, 5) is 51.3. The number of ether oxygens (including phenoxy) is 2. The molecule has 10 heteroatoms. The Labute approximate surface area is 236 Å². The first-order valence-corrected chi connectivity index (χ1v) is 13.9. The number of anilines is 1. The maximum Gasteiger partial charge on any atom is 0.343 e. The molecule has 0 saturated carbocycles. The fourth-order valence-electron chi connectivity index (χ4n) is 4.36. The van der Waals surface area contributed by atoms with E-state index in [0.29, 0.717) is 33.2 Å². The molecule has 2 amide bonds. The lowest BCUT2D eigenvalue weighted by Gasteiger charge is -2.08. The number of aryl methyl sites for hydroxylation is 2. The summed E-state index contributed by atoms with van der Waals surface area (Å²) in [6, 6.07) is 13.7. The van der Waals surface area contributed by atoms with Crippen LogP contribution in [0.3, 0.4) is 0 Å². The Bertz CT molecular complexity index is 1460. The molecule has 9 nitrogen and oxygen atoms in total. The molecule has 208 valence electrons. The van der Waals surface area contributed by atoms with Gasteiger partial charge >= 0.3 is 23.8 Å². The largest absolute Gasteiger partial charge is 0.462 e. The van der Waals surface area contributed by atoms with E-state index in [0.717, 1.165) is 48.1 Å². The van der Waals surface area contributed by atoms with E-state index >= 15 is 0 Å². The third-order valence-electron chi connectivity index (χ3n) is 6.40. The van der Waals surface area contributed by atoms with Gasteiger partial charge in [-0.15, -0.1) is 11.3 Å². The van der Waals surface area contributed by atoms with Crippen molar-refractivity contribution in [3.05, 3.63) is 81.2 Å². The second-order valence-corrected chi connectivity index (χ2v) is 10.5. The standard InChI is InChI=1S/C30H31N3O6S/c1-4-38-30(37)25-23-11-6-5-7-12-24(23)40-28(25)31-26(34)27(35)33-32-19(3)20-13-15-22(16-14-20)39-29(36)21-10-8-9-18(2)17-21/h8-10,13-17H,4-7,11-12H2,1-3H3,(H,31,34)(H,33,35). The summed E-state index contributed by atoms with van der Waals surface area (Å²) in [5.41, 5.74) is 6.00. The summed E-state index contributed by atoms with van der Waals surface area (Å²) < 4.78 is 10.6. The Morgan fingerprint density at radius 1 is 0.925 bits per heavy atom. The maximum absolute atomic E-state index is 12.7.